The van der Waals surface area contributed by atoms with E-state index in [9.17, 15) is 14.4 Å². The minimum Gasteiger partial charge on any atom is -0.373 e. The minimum atomic E-state index is -0.391. The third-order valence-electron chi connectivity index (χ3n) is 5.16. The van der Waals surface area contributed by atoms with Gasteiger partial charge in [-0.3, -0.25) is 4.79 Å². The first-order valence-corrected chi connectivity index (χ1v) is 9.78. The van der Waals surface area contributed by atoms with Gasteiger partial charge in [-0.15, -0.1) is 0 Å². The summed E-state index contributed by atoms with van der Waals surface area (Å²) in [6.45, 7) is 6.81. The molecular weight excluding hydrogens is 367 g/mol. The van der Waals surface area contributed by atoms with Gasteiger partial charge in [-0.1, -0.05) is 25.1 Å². The topological polar surface area (TPSA) is 59.4 Å². The second-order valence-electron chi connectivity index (χ2n) is 7.07. The molecule has 1 heterocycles. The Morgan fingerprint density at radius 3 is 2.48 bits per heavy atom. The van der Waals surface area contributed by atoms with E-state index in [0.717, 1.165) is 42.0 Å². The second kappa shape index (κ2) is 9.24. The molecule has 2 aromatic carbocycles. The first-order chi connectivity index (χ1) is 14.0. The molecule has 1 saturated heterocycles. The molecule has 0 unspecified atom stereocenters. The van der Waals surface area contributed by atoms with E-state index in [1.165, 1.54) is 12.1 Å². The molecule has 1 N–H and O–H groups in total. The number of piperazine rings is 1. The maximum Gasteiger partial charge on any atom is 0.267 e. The van der Waals surface area contributed by atoms with Crippen LogP contribution < -0.4 is 10.2 Å². The standard InChI is InChI=1S/C23H25FN4O/c1-3-18-6-4-5-17(2)22(18)26-23(29)19(15-25)16-27-11-13-28(14-12-27)21-9-7-20(24)8-10-21/h4-10,16H,3,11-14H2,1-2H3,(H,26,29)/b19-16-. The van der Waals surface area contributed by atoms with Gasteiger partial charge in [0.25, 0.3) is 5.91 Å². The molecule has 1 amide bonds. The molecule has 1 fully saturated rings. The van der Waals surface area contributed by atoms with Crippen molar-refractivity contribution in [1.29, 1.82) is 5.26 Å². The lowest BCUT2D eigenvalue weighted by molar-refractivity contribution is -0.112. The number of hydrogen-bond donors (Lipinski definition) is 1. The molecule has 0 atom stereocenters. The lowest BCUT2D eigenvalue weighted by Crippen LogP contribution is -2.44. The van der Waals surface area contributed by atoms with Crippen LogP contribution in [0, 0.1) is 24.1 Å². The molecule has 1 aliphatic heterocycles. The molecule has 1 aliphatic rings. The van der Waals surface area contributed by atoms with Gasteiger partial charge in [0.05, 0.1) is 0 Å². The zero-order valence-corrected chi connectivity index (χ0v) is 16.8. The molecule has 0 aromatic heterocycles. The Kier molecular flexibility index (Phi) is 6.50. The number of rotatable bonds is 5. The highest BCUT2D eigenvalue weighted by Gasteiger charge is 2.18. The third-order valence-corrected chi connectivity index (χ3v) is 5.16. The molecule has 5 nitrogen and oxygen atoms in total. The van der Waals surface area contributed by atoms with Gasteiger partial charge in [0.2, 0.25) is 0 Å². The molecular formula is C23H25FN4O. The van der Waals surface area contributed by atoms with Crippen molar-refractivity contribution in [1.82, 2.24) is 4.90 Å². The Morgan fingerprint density at radius 2 is 1.86 bits per heavy atom. The first-order valence-electron chi connectivity index (χ1n) is 9.78. The van der Waals surface area contributed by atoms with Crippen LogP contribution in [0.15, 0.2) is 54.2 Å². The van der Waals surface area contributed by atoms with E-state index in [0.29, 0.717) is 13.1 Å². The van der Waals surface area contributed by atoms with Crippen LogP contribution in [0.1, 0.15) is 18.1 Å². The van der Waals surface area contributed by atoms with Crippen LogP contribution in [-0.2, 0) is 11.2 Å². The summed E-state index contributed by atoms with van der Waals surface area (Å²) in [6, 6.07) is 14.4. The molecule has 29 heavy (non-hydrogen) atoms. The fourth-order valence-corrected chi connectivity index (χ4v) is 3.46. The fraction of sp³-hybridized carbons (Fsp3) is 0.304. The van der Waals surface area contributed by atoms with Gasteiger partial charge in [0.15, 0.2) is 0 Å². The smallest absolute Gasteiger partial charge is 0.267 e. The Morgan fingerprint density at radius 1 is 1.17 bits per heavy atom. The van der Waals surface area contributed by atoms with E-state index in [4.69, 9.17) is 0 Å². The van der Waals surface area contributed by atoms with Crippen molar-refractivity contribution in [2.45, 2.75) is 20.3 Å². The van der Waals surface area contributed by atoms with Gasteiger partial charge in [-0.25, -0.2) is 4.39 Å². The maximum atomic E-state index is 13.1. The van der Waals surface area contributed by atoms with Crippen LogP contribution >= 0.6 is 0 Å². The monoisotopic (exact) mass is 392 g/mol. The Labute approximate surface area is 171 Å². The number of anilines is 2. The Hall–Kier alpha value is -3.33. The summed E-state index contributed by atoms with van der Waals surface area (Å²) in [7, 11) is 0. The normalized spacial score (nSPS) is 14.5. The van der Waals surface area contributed by atoms with Crippen molar-refractivity contribution in [2.24, 2.45) is 0 Å². The number of carbonyl (C=O) groups excluding carboxylic acids is 1. The SMILES string of the molecule is CCc1cccc(C)c1NC(=O)/C(C#N)=C\N1CCN(c2ccc(F)cc2)CC1. The summed E-state index contributed by atoms with van der Waals surface area (Å²) < 4.78 is 13.1. The van der Waals surface area contributed by atoms with Crippen LogP contribution in [0.25, 0.3) is 0 Å². The number of halogens is 1. The van der Waals surface area contributed by atoms with E-state index in [-0.39, 0.29) is 11.4 Å². The third kappa shape index (κ3) is 4.94. The summed E-state index contributed by atoms with van der Waals surface area (Å²) in [5, 5.41) is 12.4. The van der Waals surface area contributed by atoms with Crippen molar-refractivity contribution >= 4 is 17.3 Å². The van der Waals surface area contributed by atoms with Gasteiger partial charge in [0, 0.05) is 43.8 Å². The maximum absolute atomic E-state index is 13.1. The second-order valence-corrected chi connectivity index (χ2v) is 7.07. The van der Waals surface area contributed by atoms with Crippen LogP contribution in [0.5, 0.6) is 0 Å². The highest BCUT2D eigenvalue weighted by molar-refractivity contribution is 6.07. The number of nitrogens with one attached hydrogen (secondary N) is 1. The summed E-state index contributed by atoms with van der Waals surface area (Å²) in [5.74, 6) is -0.641. The van der Waals surface area contributed by atoms with Gasteiger partial charge < -0.3 is 15.1 Å². The number of nitrogens with zero attached hydrogens (tertiary/aromatic N) is 3. The number of hydrogen-bond acceptors (Lipinski definition) is 4. The Balaban J connectivity index is 1.65. The zero-order chi connectivity index (χ0) is 20.8. The van der Waals surface area contributed by atoms with Crippen molar-refractivity contribution in [3.8, 4) is 6.07 Å². The van der Waals surface area contributed by atoms with E-state index in [1.54, 1.807) is 18.3 Å². The summed E-state index contributed by atoms with van der Waals surface area (Å²) in [6.07, 6.45) is 2.44. The van der Waals surface area contributed by atoms with Gasteiger partial charge >= 0.3 is 0 Å². The van der Waals surface area contributed by atoms with Gasteiger partial charge in [0.1, 0.15) is 17.5 Å². The van der Waals surface area contributed by atoms with Crippen molar-refractivity contribution in [2.75, 3.05) is 36.4 Å². The van der Waals surface area contributed by atoms with Crippen LogP contribution in [0.2, 0.25) is 0 Å². The molecule has 0 radical (unpaired) electrons. The molecule has 0 saturated carbocycles. The van der Waals surface area contributed by atoms with Gasteiger partial charge in [-0.2, -0.15) is 5.26 Å². The summed E-state index contributed by atoms with van der Waals surface area (Å²) in [5.41, 5.74) is 3.86. The number of carbonyl (C=O) groups is 1. The highest BCUT2D eigenvalue weighted by atomic mass is 19.1. The molecule has 6 heteroatoms. The van der Waals surface area contributed by atoms with E-state index in [2.05, 4.69) is 10.2 Å². The molecule has 150 valence electrons. The van der Waals surface area contributed by atoms with Crippen LogP contribution in [0.4, 0.5) is 15.8 Å². The number of amides is 1. The molecule has 0 aliphatic carbocycles. The lowest BCUT2D eigenvalue weighted by atomic mass is 10.1. The largest absolute Gasteiger partial charge is 0.373 e. The summed E-state index contributed by atoms with van der Waals surface area (Å²) >= 11 is 0. The van der Waals surface area contributed by atoms with Crippen LogP contribution in [0.3, 0.4) is 0 Å². The molecule has 3 rings (SSSR count). The van der Waals surface area contributed by atoms with Crippen molar-refractivity contribution < 1.29 is 9.18 Å². The highest BCUT2D eigenvalue weighted by Crippen LogP contribution is 2.22. The number of nitriles is 1. The van der Waals surface area contributed by atoms with E-state index < -0.39 is 5.91 Å². The quantitative estimate of drug-likeness (QED) is 0.620. The van der Waals surface area contributed by atoms with Crippen molar-refractivity contribution in [3.05, 3.63) is 71.2 Å². The van der Waals surface area contributed by atoms with Crippen molar-refractivity contribution in [3.63, 3.8) is 0 Å². The average molecular weight is 392 g/mol. The Bertz CT molecular complexity index is 938. The summed E-state index contributed by atoms with van der Waals surface area (Å²) in [4.78, 5) is 16.8. The van der Waals surface area contributed by atoms with Crippen LogP contribution in [-0.4, -0.2) is 37.0 Å². The number of aryl methyl sites for hydroxylation is 2. The van der Waals surface area contributed by atoms with Gasteiger partial charge in [-0.05, 0) is 48.7 Å². The predicted molar refractivity (Wildman–Crippen MR) is 113 cm³/mol. The average Bonchev–Trinajstić information content (AvgIpc) is 2.74. The number of para-hydroxylation sites is 1. The molecule has 0 bridgehead atoms. The van der Waals surface area contributed by atoms with E-state index >= 15 is 0 Å². The number of benzene rings is 2. The fourth-order valence-electron chi connectivity index (χ4n) is 3.46. The van der Waals surface area contributed by atoms with E-state index in [1.807, 2.05) is 43.0 Å². The first kappa shape index (κ1) is 20.4. The predicted octanol–water partition coefficient (Wildman–Crippen LogP) is 3.86. The molecule has 2 aromatic rings. The minimum absolute atomic E-state index is 0.0885. The lowest BCUT2D eigenvalue weighted by Gasteiger charge is -2.35. The molecule has 0 spiro atoms. The zero-order valence-electron chi connectivity index (χ0n) is 16.8.